The minimum absolute atomic E-state index is 0.0402. The van der Waals surface area contributed by atoms with Gasteiger partial charge in [0.1, 0.15) is 0 Å². The number of carbonyl (C=O) groups is 3. The maximum Gasteiger partial charge on any atom is 0.188 e. The summed E-state index contributed by atoms with van der Waals surface area (Å²) in [6, 6.07) is 0. The van der Waals surface area contributed by atoms with Gasteiger partial charge in [0.05, 0.1) is 0 Å². The lowest BCUT2D eigenvalue weighted by Gasteiger charge is -2.13. The van der Waals surface area contributed by atoms with E-state index in [-0.39, 0.29) is 20.6 Å². The van der Waals surface area contributed by atoms with Crippen LogP contribution >= 0.6 is 35.3 Å². The molecule has 0 aromatic rings. The lowest BCUT2D eigenvalue weighted by molar-refractivity contribution is -0.111. The fourth-order valence-electron chi connectivity index (χ4n) is 0.961. The molecule has 104 valence electrons. The predicted molar refractivity (Wildman–Crippen MR) is 82.2 cm³/mol. The van der Waals surface area contributed by atoms with Crippen LogP contribution in [-0.2, 0) is 14.4 Å². The van der Waals surface area contributed by atoms with Gasteiger partial charge in [0.15, 0.2) is 15.3 Å². The van der Waals surface area contributed by atoms with Crippen molar-refractivity contribution >= 4 is 50.6 Å². The summed E-state index contributed by atoms with van der Waals surface area (Å²) in [4.78, 5) is 33.9. The van der Waals surface area contributed by atoms with Crippen LogP contribution in [0.3, 0.4) is 0 Å². The molecule has 0 aromatic heterocycles. The highest BCUT2D eigenvalue weighted by Gasteiger charge is 2.17. The van der Waals surface area contributed by atoms with E-state index in [1.165, 1.54) is 35.3 Å². The van der Waals surface area contributed by atoms with Crippen molar-refractivity contribution < 1.29 is 14.4 Å². The molecule has 6 heteroatoms. The van der Waals surface area contributed by atoms with Crippen LogP contribution in [0.1, 0.15) is 40.0 Å². The number of hydrogen-bond acceptors (Lipinski definition) is 6. The van der Waals surface area contributed by atoms with Gasteiger partial charge in [-0.1, -0.05) is 56.1 Å². The van der Waals surface area contributed by atoms with Crippen molar-refractivity contribution in [1.29, 1.82) is 0 Å². The second-order valence-corrected chi connectivity index (χ2v) is 7.05. The SMILES string of the molecule is CCC(=O)SCC(CSC(=O)CC)SC(=O)CC. The molecule has 0 heterocycles. The van der Waals surface area contributed by atoms with Crippen molar-refractivity contribution in [2.24, 2.45) is 0 Å². The highest BCUT2D eigenvalue weighted by Crippen LogP contribution is 2.24. The lowest BCUT2D eigenvalue weighted by Crippen LogP contribution is -2.15. The van der Waals surface area contributed by atoms with Gasteiger partial charge in [-0.2, -0.15) is 0 Å². The molecule has 3 nitrogen and oxygen atoms in total. The molecule has 0 radical (unpaired) electrons. The van der Waals surface area contributed by atoms with E-state index in [1.54, 1.807) is 0 Å². The van der Waals surface area contributed by atoms with E-state index >= 15 is 0 Å². The molecule has 0 saturated carbocycles. The first-order valence-corrected chi connectivity index (χ1v) is 8.89. The van der Waals surface area contributed by atoms with Gasteiger partial charge >= 0.3 is 0 Å². The smallest absolute Gasteiger partial charge is 0.188 e. The van der Waals surface area contributed by atoms with Crippen LogP contribution in [0.2, 0.25) is 0 Å². The minimum atomic E-state index is 0.0402. The third kappa shape index (κ3) is 9.05. The second kappa shape index (κ2) is 10.9. The fourth-order valence-corrected chi connectivity index (χ4v) is 3.99. The summed E-state index contributed by atoms with van der Waals surface area (Å²) in [6.45, 7) is 5.47. The van der Waals surface area contributed by atoms with Gasteiger partial charge in [-0.3, -0.25) is 14.4 Å². The maximum atomic E-state index is 11.4. The van der Waals surface area contributed by atoms with E-state index in [9.17, 15) is 14.4 Å². The molecule has 0 rings (SSSR count). The van der Waals surface area contributed by atoms with E-state index in [0.717, 1.165) is 0 Å². The summed E-state index contributed by atoms with van der Waals surface area (Å²) >= 11 is 3.78. The average molecular weight is 308 g/mol. The average Bonchev–Trinajstić information content (AvgIpc) is 2.40. The van der Waals surface area contributed by atoms with E-state index in [2.05, 4.69) is 0 Å². The van der Waals surface area contributed by atoms with Crippen LogP contribution in [0.25, 0.3) is 0 Å². The Hall–Kier alpha value is 0.0600. The molecule has 0 aliphatic heterocycles. The maximum absolute atomic E-state index is 11.4. The van der Waals surface area contributed by atoms with E-state index in [1.807, 2.05) is 20.8 Å². The van der Waals surface area contributed by atoms with Crippen LogP contribution in [0.4, 0.5) is 0 Å². The van der Waals surface area contributed by atoms with Crippen molar-refractivity contribution in [1.82, 2.24) is 0 Å². The zero-order chi connectivity index (χ0) is 14.0. The predicted octanol–water partition coefficient (Wildman–Crippen LogP) is 3.36. The van der Waals surface area contributed by atoms with E-state index < -0.39 is 0 Å². The van der Waals surface area contributed by atoms with Gasteiger partial charge in [-0.15, -0.1) is 0 Å². The third-order valence-electron chi connectivity index (χ3n) is 2.02. The molecular formula is C12H20O3S3. The van der Waals surface area contributed by atoms with Gasteiger partial charge in [0, 0.05) is 36.0 Å². The topological polar surface area (TPSA) is 51.2 Å². The zero-order valence-electron chi connectivity index (χ0n) is 11.1. The summed E-state index contributed by atoms with van der Waals surface area (Å²) in [7, 11) is 0. The van der Waals surface area contributed by atoms with Gasteiger partial charge in [0.25, 0.3) is 0 Å². The molecule has 18 heavy (non-hydrogen) atoms. The molecule has 0 bridgehead atoms. The molecule has 0 aromatic carbocycles. The number of rotatable bonds is 8. The van der Waals surface area contributed by atoms with Crippen LogP contribution in [0.15, 0.2) is 0 Å². The molecular weight excluding hydrogens is 288 g/mol. The number of thioether (sulfide) groups is 3. The highest BCUT2D eigenvalue weighted by atomic mass is 32.2. The van der Waals surface area contributed by atoms with Crippen molar-refractivity contribution in [3.8, 4) is 0 Å². The van der Waals surface area contributed by atoms with Gasteiger partial charge in [0.2, 0.25) is 0 Å². The van der Waals surface area contributed by atoms with Crippen molar-refractivity contribution in [2.75, 3.05) is 11.5 Å². The van der Waals surface area contributed by atoms with Gasteiger partial charge < -0.3 is 0 Å². The zero-order valence-corrected chi connectivity index (χ0v) is 13.5. The standard InChI is InChI=1S/C12H20O3S3/c1-4-10(13)16-7-9(18-12(15)6-3)8-17-11(14)5-2/h9H,4-8H2,1-3H3. The molecule has 0 N–H and O–H groups in total. The van der Waals surface area contributed by atoms with Crippen LogP contribution < -0.4 is 0 Å². The Morgan fingerprint density at radius 2 is 1.17 bits per heavy atom. The molecule has 0 atom stereocenters. The molecule has 0 aliphatic rings. The van der Waals surface area contributed by atoms with Crippen LogP contribution in [0, 0.1) is 0 Å². The van der Waals surface area contributed by atoms with Crippen LogP contribution in [0.5, 0.6) is 0 Å². The monoisotopic (exact) mass is 308 g/mol. The Morgan fingerprint density at radius 3 is 1.50 bits per heavy atom. The van der Waals surface area contributed by atoms with Crippen LogP contribution in [-0.4, -0.2) is 32.1 Å². The molecule has 0 unspecified atom stereocenters. The largest absolute Gasteiger partial charge is 0.287 e. The normalized spacial score (nSPS) is 10.7. The van der Waals surface area contributed by atoms with E-state index in [4.69, 9.17) is 0 Å². The molecule has 0 spiro atoms. The van der Waals surface area contributed by atoms with Crippen molar-refractivity contribution in [2.45, 2.75) is 45.3 Å². The summed E-state index contributed by atoms with van der Waals surface area (Å²) in [5, 5.41) is 0.431. The number of hydrogen-bond donors (Lipinski definition) is 0. The summed E-state index contributed by atoms with van der Waals surface area (Å²) in [5.74, 6) is 1.21. The van der Waals surface area contributed by atoms with Crippen molar-refractivity contribution in [3.05, 3.63) is 0 Å². The first kappa shape index (κ1) is 18.1. The summed E-state index contributed by atoms with van der Waals surface area (Å²) < 4.78 is 0. The lowest BCUT2D eigenvalue weighted by atomic mass is 10.5. The van der Waals surface area contributed by atoms with Gasteiger partial charge in [-0.05, 0) is 0 Å². The molecule has 0 saturated heterocycles. The number of carbonyl (C=O) groups excluding carboxylic acids is 3. The fraction of sp³-hybridized carbons (Fsp3) is 0.750. The summed E-state index contributed by atoms with van der Waals surface area (Å²) in [6.07, 6.45) is 1.50. The Kier molecular flexibility index (Phi) is 11.0. The Balaban J connectivity index is 4.19. The highest BCUT2D eigenvalue weighted by molar-refractivity contribution is 8.19. The van der Waals surface area contributed by atoms with Gasteiger partial charge in [-0.25, -0.2) is 0 Å². The Morgan fingerprint density at radius 1 is 0.778 bits per heavy atom. The van der Waals surface area contributed by atoms with Crippen molar-refractivity contribution in [3.63, 3.8) is 0 Å². The first-order valence-electron chi connectivity index (χ1n) is 6.04. The Bertz CT molecular complexity index is 272. The third-order valence-corrected chi connectivity index (χ3v) is 6.02. The minimum Gasteiger partial charge on any atom is -0.287 e. The van der Waals surface area contributed by atoms with E-state index in [0.29, 0.717) is 30.8 Å². The second-order valence-electron chi connectivity index (χ2n) is 3.54. The first-order chi connectivity index (χ1) is 8.53. The molecule has 0 fully saturated rings. The molecule has 0 aliphatic carbocycles. The molecule has 0 amide bonds. The Labute approximate surface area is 122 Å². The quantitative estimate of drug-likeness (QED) is 0.685. The summed E-state index contributed by atoms with van der Waals surface area (Å²) in [5.41, 5.74) is 0.